The molecular formula is C17H19FN2S. The second-order valence-electron chi connectivity index (χ2n) is 4.89. The van der Waals surface area contributed by atoms with Gasteiger partial charge in [0.2, 0.25) is 0 Å². The predicted molar refractivity (Wildman–Crippen MR) is 91.3 cm³/mol. The SMILES string of the molecule is CCCCc1ccc(NC(=S)Nc2ccc(F)cc2)cc1. The molecule has 0 amide bonds. The van der Waals surface area contributed by atoms with E-state index >= 15 is 0 Å². The van der Waals surface area contributed by atoms with Gasteiger partial charge < -0.3 is 10.6 Å². The van der Waals surface area contributed by atoms with Crippen molar-refractivity contribution in [2.24, 2.45) is 0 Å². The molecule has 4 heteroatoms. The summed E-state index contributed by atoms with van der Waals surface area (Å²) < 4.78 is 12.8. The summed E-state index contributed by atoms with van der Waals surface area (Å²) in [5.74, 6) is -0.262. The second kappa shape index (κ2) is 7.74. The lowest BCUT2D eigenvalue weighted by Crippen LogP contribution is -2.18. The lowest BCUT2D eigenvalue weighted by atomic mass is 10.1. The van der Waals surface area contributed by atoms with Gasteiger partial charge in [0.1, 0.15) is 5.82 Å². The molecule has 0 radical (unpaired) electrons. The maximum atomic E-state index is 12.8. The van der Waals surface area contributed by atoms with Gasteiger partial charge in [0.25, 0.3) is 0 Å². The summed E-state index contributed by atoms with van der Waals surface area (Å²) in [4.78, 5) is 0. The minimum atomic E-state index is -0.262. The van der Waals surface area contributed by atoms with Crippen LogP contribution in [0.1, 0.15) is 25.3 Å². The molecule has 2 aromatic rings. The fourth-order valence-corrected chi connectivity index (χ4v) is 2.20. The normalized spacial score (nSPS) is 10.2. The van der Waals surface area contributed by atoms with Gasteiger partial charge in [-0.15, -0.1) is 0 Å². The van der Waals surface area contributed by atoms with Crippen molar-refractivity contribution < 1.29 is 4.39 Å². The van der Waals surface area contributed by atoms with Crippen LogP contribution >= 0.6 is 12.2 Å². The van der Waals surface area contributed by atoms with Crippen molar-refractivity contribution in [2.75, 3.05) is 10.6 Å². The Balaban J connectivity index is 1.88. The number of rotatable bonds is 5. The van der Waals surface area contributed by atoms with Crippen LogP contribution in [-0.4, -0.2) is 5.11 Å². The highest BCUT2D eigenvalue weighted by Gasteiger charge is 2.00. The standard InChI is InChI=1S/C17H19FN2S/c1-2-3-4-13-5-9-15(10-6-13)19-17(21)20-16-11-7-14(18)8-12-16/h5-12H,2-4H2,1H3,(H2,19,20,21). The number of hydrogen-bond acceptors (Lipinski definition) is 1. The zero-order valence-electron chi connectivity index (χ0n) is 12.0. The van der Waals surface area contributed by atoms with Crippen molar-refractivity contribution in [1.82, 2.24) is 0 Å². The van der Waals surface area contributed by atoms with Crippen molar-refractivity contribution in [3.63, 3.8) is 0 Å². The van der Waals surface area contributed by atoms with Crippen LogP contribution < -0.4 is 10.6 Å². The highest BCUT2D eigenvalue weighted by Crippen LogP contribution is 2.13. The number of anilines is 2. The lowest BCUT2D eigenvalue weighted by molar-refractivity contribution is 0.628. The molecule has 0 aliphatic carbocycles. The molecule has 0 bridgehead atoms. The molecule has 0 saturated heterocycles. The molecule has 2 N–H and O–H groups in total. The Morgan fingerprint density at radius 1 is 0.952 bits per heavy atom. The number of unbranched alkanes of at least 4 members (excludes halogenated alkanes) is 1. The van der Waals surface area contributed by atoms with Crippen LogP contribution in [0.2, 0.25) is 0 Å². The van der Waals surface area contributed by atoms with Crippen molar-refractivity contribution >= 4 is 28.7 Å². The molecule has 0 spiro atoms. The first kappa shape index (κ1) is 15.4. The number of halogens is 1. The second-order valence-corrected chi connectivity index (χ2v) is 5.29. The third-order valence-electron chi connectivity index (χ3n) is 3.13. The number of hydrogen-bond donors (Lipinski definition) is 2. The molecular weight excluding hydrogens is 283 g/mol. The molecule has 0 atom stereocenters. The van der Waals surface area contributed by atoms with Crippen LogP contribution in [0.5, 0.6) is 0 Å². The van der Waals surface area contributed by atoms with E-state index in [0.717, 1.165) is 17.8 Å². The van der Waals surface area contributed by atoms with Crippen LogP contribution in [0.4, 0.5) is 15.8 Å². The predicted octanol–water partition coefficient (Wildman–Crippen LogP) is 4.98. The van der Waals surface area contributed by atoms with Crippen molar-refractivity contribution in [3.05, 3.63) is 59.9 Å². The van der Waals surface area contributed by atoms with E-state index in [0.29, 0.717) is 5.11 Å². The molecule has 0 aliphatic rings. The molecule has 0 heterocycles. The summed E-state index contributed by atoms with van der Waals surface area (Å²) in [5, 5.41) is 6.62. The van der Waals surface area contributed by atoms with E-state index in [9.17, 15) is 4.39 Å². The van der Waals surface area contributed by atoms with Gasteiger partial charge in [-0.2, -0.15) is 0 Å². The molecule has 0 aromatic heterocycles. The molecule has 110 valence electrons. The van der Waals surface area contributed by atoms with Crippen molar-refractivity contribution in [2.45, 2.75) is 26.2 Å². The van der Waals surface area contributed by atoms with Crippen molar-refractivity contribution in [3.8, 4) is 0 Å². The van der Waals surface area contributed by atoms with Gasteiger partial charge in [-0.1, -0.05) is 25.5 Å². The van der Waals surface area contributed by atoms with E-state index in [-0.39, 0.29) is 5.82 Å². The minimum absolute atomic E-state index is 0.262. The minimum Gasteiger partial charge on any atom is -0.332 e. The average Bonchev–Trinajstić information content (AvgIpc) is 2.49. The van der Waals surface area contributed by atoms with Crippen LogP contribution in [0.25, 0.3) is 0 Å². The van der Waals surface area contributed by atoms with Crippen LogP contribution in [-0.2, 0) is 6.42 Å². The van der Waals surface area contributed by atoms with E-state index in [4.69, 9.17) is 12.2 Å². The first-order valence-corrected chi connectivity index (χ1v) is 7.50. The number of thiocarbonyl (C=S) groups is 1. The Kier molecular flexibility index (Phi) is 5.69. The lowest BCUT2D eigenvalue weighted by Gasteiger charge is -2.11. The number of nitrogens with one attached hydrogen (secondary N) is 2. The van der Waals surface area contributed by atoms with Crippen LogP contribution in [0.3, 0.4) is 0 Å². The van der Waals surface area contributed by atoms with E-state index in [1.165, 1.54) is 30.5 Å². The van der Waals surface area contributed by atoms with Gasteiger partial charge in [0.05, 0.1) is 0 Å². The summed E-state index contributed by atoms with van der Waals surface area (Å²) in [5.41, 5.74) is 3.03. The highest BCUT2D eigenvalue weighted by molar-refractivity contribution is 7.80. The average molecular weight is 302 g/mol. The van der Waals surface area contributed by atoms with Crippen LogP contribution in [0, 0.1) is 5.82 Å². The molecule has 0 unspecified atom stereocenters. The van der Waals surface area contributed by atoms with Gasteiger partial charge in [-0.05, 0) is 67.0 Å². The van der Waals surface area contributed by atoms with Gasteiger partial charge in [-0.25, -0.2) is 4.39 Å². The molecule has 0 saturated carbocycles. The largest absolute Gasteiger partial charge is 0.332 e. The van der Waals surface area contributed by atoms with E-state index in [1.54, 1.807) is 12.1 Å². The fraction of sp³-hybridized carbons (Fsp3) is 0.235. The molecule has 21 heavy (non-hydrogen) atoms. The first-order valence-electron chi connectivity index (χ1n) is 7.10. The van der Waals surface area contributed by atoms with E-state index in [2.05, 4.69) is 29.7 Å². The quantitative estimate of drug-likeness (QED) is 0.762. The Labute approximate surface area is 130 Å². The topological polar surface area (TPSA) is 24.1 Å². The summed E-state index contributed by atoms with van der Waals surface area (Å²) in [6, 6.07) is 14.3. The summed E-state index contributed by atoms with van der Waals surface area (Å²) >= 11 is 5.24. The van der Waals surface area contributed by atoms with E-state index in [1.807, 2.05) is 12.1 Å². The summed E-state index contributed by atoms with van der Waals surface area (Å²) in [7, 11) is 0. The molecule has 0 aliphatic heterocycles. The van der Waals surface area contributed by atoms with Crippen LogP contribution in [0.15, 0.2) is 48.5 Å². The molecule has 2 rings (SSSR count). The smallest absolute Gasteiger partial charge is 0.175 e. The number of aryl methyl sites for hydroxylation is 1. The van der Waals surface area contributed by atoms with E-state index < -0.39 is 0 Å². The zero-order chi connectivity index (χ0) is 15.1. The Bertz CT molecular complexity index is 579. The molecule has 0 fully saturated rings. The Hall–Kier alpha value is -1.94. The maximum absolute atomic E-state index is 12.8. The third-order valence-corrected chi connectivity index (χ3v) is 3.34. The van der Waals surface area contributed by atoms with Crippen molar-refractivity contribution in [1.29, 1.82) is 0 Å². The van der Waals surface area contributed by atoms with Gasteiger partial charge in [-0.3, -0.25) is 0 Å². The maximum Gasteiger partial charge on any atom is 0.175 e. The molecule has 2 aromatic carbocycles. The monoisotopic (exact) mass is 302 g/mol. The third kappa shape index (κ3) is 5.16. The molecule has 2 nitrogen and oxygen atoms in total. The fourth-order valence-electron chi connectivity index (χ4n) is 1.96. The highest BCUT2D eigenvalue weighted by atomic mass is 32.1. The van der Waals surface area contributed by atoms with Gasteiger partial charge >= 0.3 is 0 Å². The van der Waals surface area contributed by atoms with Gasteiger partial charge in [0, 0.05) is 11.4 Å². The summed E-state index contributed by atoms with van der Waals surface area (Å²) in [6.45, 7) is 2.19. The number of benzene rings is 2. The zero-order valence-corrected chi connectivity index (χ0v) is 12.8. The van der Waals surface area contributed by atoms with Gasteiger partial charge in [0.15, 0.2) is 5.11 Å². The summed E-state index contributed by atoms with van der Waals surface area (Å²) in [6.07, 6.45) is 3.51. The first-order chi connectivity index (χ1) is 10.2. The Morgan fingerprint density at radius 3 is 2.00 bits per heavy atom. The Morgan fingerprint density at radius 2 is 1.48 bits per heavy atom.